The van der Waals surface area contributed by atoms with Crippen LogP contribution in [0.1, 0.15) is 37.8 Å². The fourth-order valence-corrected chi connectivity index (χ4v) is 4.01. The van der Waals surface area contributed by atoms with Crippen LogP contribution in [-0.2, 0) is 13.6 Å². The summed E-state index contributed by atoms with van der Waals surface area (Å²) in [6.45, 7) is 12.4. The van der Waals surface area contributed by atoms with E-state index in [1.165, 1.54) is 5.56 Å². The standard InChI is InChI=1S/C28H37N3O2/c1-6-7-13-24(32)19-31(18-21(2)3)20-26-27(23-11-9-8-10-12-23)29-30(5)28(26)33-25-16-14-22(4)15-17-25/h6,8-12,14-17,21,24,32H,1,7,13,18-20H2,2-5H3. The molecule has 2 aromatic carbocycles. The van der Waals surface area contributed by atoms with Crippen LogP contribution >= 0.6 is 0 Å². The third-order valence-electron chi connectivity index (χ3n) is 5.55. The molecule has 1 N–H and O–H groups in total. The van der Waals surface area contributed by atoms with Crippen molar-refractivity contribution in [3.8, 4) is 22.9 Å². The summed E-state index contributed by atoms with van der Waals surface area (Å²) in [6, 6.07) is 18.3. The first kappa shape index (κ1) is 24.7. The topological polar surface area (TPSA) is 50.5 Å². The van der Waals surface area contributed by atoms with Crippen molar-refractivity contribution in [2.45, 2.75) is 46.3 Å². The minimum atomic E-state index is -0.403. The second-order valence-electron chi connectivity index (χ2n) is 9.14. The van der Waals surface area contributed by atoms with Crippen LogP contribution in [0.25, 0.3) is 11.3 Å². The molecule has 3 rings (SSSR count). The summed E-state index contributed by atoms with van der Waals surface area (Å²) in [5.74, 6) is 1.98. The number of aliphatic hydroxyl groups is 1. The molecule has 3 aromatic rings. The molecule has 0 spiro atoms. The van der Waals surface area contributed by atoms with Gasteiger partial charge in [-0.2, -0.15) is 5.10 Å². The molecule has 0 saturated heterocycles. The van der Waals surface area contributed by atoms with Crippen molar-refractivity contribution >= 4 is 0 Å². The van der Waals surface area contributed by atoms with Gasteiger partial charge in [0, 0.05) is 32.2 Å². The van der Waals surface area contributed by atoms with Crippen LogP contribution in [0.5, 0.6) is 11.6 Å². The smallest absolute Gasteiger partial charge is 0.222 e. The van der Waals surface area contributed by atoms with Crippen molar-refractivity contribution in [3.63, 3.8) is 0 Å². The van der Waals surface area contributed by atoms with Gasteiger partial charge in [0.2, 0.25) is 5.88 Å². The van der Waals surface area contributed by atoms with E-state index in [2.05, 4.69) is 44.4 Å². The summed E-state index contributed by atoms with van der Waals surface area (Å²) < 4.78 is 8.19. The Bertz CT molecular complexity index is 1010. The van der Waals surface area contributed by atoms with Crippen LogP contribution in [0.2, 0.25) is 0 Å². The first-order chi connectivity index (χ1) is 15.9. The molecule has 5 nitrogen and oxygen atoms in total. The monoisotopic (exact) mass is 447 g/mol. The van der Waals surface area contributed by atoms with E-state index in [4.69, 9.17) is 9.84 Å². The van der Waals surface area contributed by atoms with Crippen molar-refractivity contribution in [1.29, 1.82) is 0 Å². The molecule has 1 heterocycles. The predicted molar refractivity (Wildman–Crippen MR) is 135 cm³/mol. The quantitative estimate of drug-likeness (QED) is 0.347. The summed E-state index contributed by atoms with van der Waals surface area (Å²) >= 11 is 0. The lowest BCUT2D eigenvalue weighted by Crippen LogP contribution is -2.35. The van der Waals surface area contributed by atoms with Gasteiger partial charge in [-0.25, -0.2) is 4.68 Å². The number of aryl methyl sites for hydroxylation is 2. The van der Waals surface area contributed by atoms with E-state index >= 15 is 0 Å². The normalized spacial score (nSPS) is 12.3. The molecule has 0 fully saturated rings. The third-order valence-corrected chi connectivity index (χ3v) is 5.55. The van der Waals surface area contributed by atoms with Gasteiger partial charge in [-0.1, -0.05) is 68.0 Å². The predicted octanol–water partition coefficient (Wildman–Crippen LogP) is 5.97. The number of aliphatic hydroxyl groups excluding tert-OH is 1. The second kappa shape index (κ2) is 11.8. The average Bonchev–Trinajstić information content (AvgIpc) is 3.09. The van der Waals surface area contributed by atoms with Gasteiger partial charge in [0.05, 0.1) is 11.7 Å². The Morgan fingerprint density at radius 2 is 1.79 bits per heavy atom. The number of hydrogen-bond acceptors (Lipinski definition) is 4. The lowest BCUT2D eigenvalue weighted by molar-refractivity contribution is 0.0953. The molecular weight excluding hydrogens is 410 g/mol. The highest BCUT2D eigenvalue weighted by molar-refractivity contribution is 5.65. The Hall–Kier alpha value is -2.89. The molecule has 1 aromatic heterocycles. The second-order valence-corrected chi connectivity index (χ2v) is 9.14. The molecule has 0 aliphatic carbocycles. The molecule has 0 aliphatic heterocycles. The molecule has 176 valence electrons. The fourth-order valence-electron chi connectivity index (χ4n) is 4.01. The molecular formula is C28H37N3O2. The van der Waals surface area contributed by atoms with Gasteiger partial charge in [-0.05, 0) is 37.8 Å². The van der Waals surface area contributed by atoms with Gasteiger partial charge >= 0.3 is 0 Å². The van der Waals surface area contributed by atoms with Gasteiger partial charge in [0.1, 0.15) is 11.4 Å². The van der Waals surface area contributed by atoms with E-state index < -0.39 is 6.10 Å². The maximum Gasteiger partial charge on any atom is 0.222 e. The Kier molecular flexibility index (Phi) is 8.87. The van der Waals surface area contributed by atoms with E-state index in [9.17, 15) is 5.11 Å². The van der Waals surface area contributed by atoms with Gasteiger partial charge in [0.15, 0.2) is 0 Å². The SMILES string of the molecule is C=CCCC(O)CN(Cc1c(-c2ccccc2)nn(C)c1Oc1ccc(C)cc1)CC(C)C. The summed E-state index contributed by atoms with van der Waals surface area (Å²) in [4.78, 5) is 2.31. The number of ether oxygens (including phenoxy) is 1. The zero-order valence-electron chi connectivity index (χ0n) is 20.4. The van der Waals surface area contributed by atoms with Gasteiger partial charge in [-0.3, -0.25) is 4.90 Å². The van der Waals surface area contributed by atoms with Gasteiger partial charge in [-0.15, -0.1) is 6.58 Å². The van der Waals surface area contributed by atoms with E-state index in [-0.39, 0.29) is 0 Å². The number of hydrogen-bond donors (Lipinski definition) is 1. The first-order valence-corrected chi connectivity index (χ1v) is 11.7. The molecule has 0 bridgehead atoms. The summed E-state index contributed by atoms with van der Waals surface area (Å²) in [5.41, 5.74) is 4.18. The molecule has 33 heavy (non-hydrogen) atoms. The van der Waals surface area contributed by atoms with E-state index in [1.54, 1.807) is 0 Å². The number of aromatic nitrogens is 2. The maximum absolute atomic E-state index is 10.6. The lowest BCUT2D eigenvalue weighted by Gasteiger charge is -2.27. The number of rotatable bonds is 12. The van der Waals surface area contributed by atoms with Crippen LogP contribution in [-0.4, -0.2) is 39.0 Å². The minimum absolute atomic E-state index is 0.403. The van der Waals surface area contributed by atoms with Crippen LogP contribution in [0.3, 0.4) is 0 Å². The van der Waals surface area contributed by atoms with E-state index in [0.717, 1.165) is 41.4 Å². The molecule has 1 unspecified atom stereocenters. The lowest BCUT2D eigenvalue weighted by atomic mass is 10.1. The number of allylic oxidation sites excluding steroid dienone is 1. The number of benzene rings is 2. The van der Waals surface area contributed by atoms with Crippen LogP contribution in [0, 0.1) is 12.8 Å². The van der Waals surface area contributed by atoms with Crippen LogP contribution < -0.4 is 4.74 Å². The summed E-state index contributed by atoms with van der Waals surface area (Å²) in [7, 11) is 1.92. The Morgan fingerprint density at radius 3 is 2.42 bits per heavy atom. The highest BCUT2D eigenvalue weighted by atomic mass is 16.5. The highest BCUT2D eigenvalue weighted by Crippen LogP contribution is 2.34. The molecule has 0 radical (unpaired) electrons. The molecule has 5 heteroatoms. The first-order valence-electron chi connectivity index (χ1n) is 11.7. The Labute approximate surface area is 198 Å². The zero-order chi connectivity index (χ0) is 23.8. The van der Waals surface area contributed by atoms with Crippen molar-refractivity contribution in [2.75, 3.05) is 13.1 Å². The Morgan fingerprint density at radius 1 is 1.09 bits per heavy atom. The van der Waals surface area contributed by atoms with E-state index in [1.807, 2.05) is 60.3 Å². The van der Waals surface area contributed by atoms with Crippen LogP contribution in [0.15, 0.2) is 67.3 Å². The largest absolute Gasteiger partial charge is 0.439 e. The third kappa shape index (κ3) is 7.04. The van der Waals surface area contributed by atoms with Crippen molar-refractivity contribution in [1.82, 2.24) is 14.7 Å². The summed E-state index contributed by atoms with van der Waals surface area (Å²) in [6.07, 6.45) is 2.97. The van der Waals surface area contributed by atoms with Crippen molar-refractivity contribution < 1.29 is 9.84 Å². The molecule has 0 saturated carbocycles. The Balaban J connectivity index is 1.97. The fraction of sp³-hybridized carbons (Fsp3) is 0.393. The molecule has 0 amide bonds. The molecule has 0 aliphatic rings. The van der Waals surface area contributed by atoms with Crippen molar-refractivity contribution in [2.24, 2.45) is 13.0 Å². The van der Waals surface area contributed by atoms with E-state index in [0.29, 0.717) is 25.4 Å². The minimum Gasteiger partial charge on any atom is -0.439 e. The van der Waals surface area contributed by atoms with Gasteiger partial charge < -0.3 is 9.84 Å². The number of nitrogens with zero attached hydrogens (tertiary/aromatic N) is 3. The summed E-state index contributed by atoms with van der Waals surface area (Å²) in [5, 5.41) is 15.5. The maximum atomic E-state index is 10.6. The van der Waals surface area contributed by atoms with Gasteiger partial charge in [0.25, 0.3) is 0 Å². The highest BCUT2D eigenvalue weighted by Gasteiger charge is 2.23. The molecule has 1 atom stereocenters. The van der Waals surface area contributed by atoms with Crippen LogP contribution in [0.4, 0.5) is 0 Å². The average molecular weight is 448 g/mol. The van der Waals surface area contributed by atoms with Crippen molar-refractivity contribution in [3.05, 3.63) is 78.4 Å². The zero-order valence-corrected chi connectivity index (χ0v) is 20.4.